The molecule has 8 nitrogen and oxygen atoms in total. The molecule has 2 fully saturated rings. The first-order valence-electron chi connectivity index (χ1n) is 10.5. The van der Waals surface area contributed by atoms with E-state index in [1.165, 1.54) is 12.2 Å². The molecule has 2 aliphatic rings. The van der Waals surface area contributed by atoms with Crippen LogP contribution < -0.4 is 5.32 Å². The van der Waals surface area contributed by atoms with Crippen LogP contribution in [-0.2, 0) is 14.4 Å². The normalized spacial score (nSPS) is 20.4. The molecule has 2 heterocycles. The number of carbonyl (C=O) groups is 2. The summed E-state index contributed by atoms with van der Waals surface area (Å²) in [6.07, 6.45) is 5.31. The molecule has 4 rings (SSSR count). The summed E-state index contributed by atoms with van der Waals surface area (Å²) < 4.78 is 5.60. The lowest BCUT2D eigenvalue weighted by Crippen LogP contribution is -2.40. The highest BCUT2D eigenvalue weighted by atomic mass is 79.9. The summed E-state index contributed by atoms with van der Waals surface area (Å²) >= 11 is 3.45. The van der Waals surface area contributed by atoms with Gasteiger partial charge in [-0.1, -0.05) is 35.0 Å². The van der Waals surface area contributed by atoms with Gasteiger partial charge in [-0.15, -0.1) is 0 Å². The largest absolute Gasteiger partial charge is 0.453 e. The van der Waals surface area contributed by atoms with E-state index in [4.69, 9.17) is 4.84 Å². The number of nitrogens with one attached hydrogen (secondary N) is 2. The van der Waals surface area contributed by atoms with Gasteiger partial charge in [0.05, 0.1) is 24.6 Å². The average Bonchev–Trinajstić information content (AvgIpc) is 3.37. The lowest BCUT2D eigenvalue weighted by atomic mass is 9.77. The summed E-state index contributed by atoms with van der Waals surface area (Å²) in [5, 5.41) is 4.15. The van der Waals surface area contributed by atoms with Crippen LogP contribution in [0.15, 0.2) is 34.9 Å². The zero-order valence-electron chi connectivity index (χ0n) is 17.7. The number of H-pyrrole nitrogens is 1. The molecule has 1 aromatic carbocycles. The van der Waals surface area contributed by atoms with Crippen molar-refractivity contribution in [3.05, 3.63) is 40.8 Å². The molecule has 1 aliphatic heterocycles. The third-order valence-corrected chi connectivity index (χ3v) is 6.55. The molecule has 2 N–H and O–H groups in total. The quantitative estimate of drug-likeness (QED) is 0.627. The minimum atomic E-state index is -0.501. The topological polar surface area (TPSA) is 96.6 Å². The van der Waals surface area contributed by atoms with E-state index >= 15 is 0 Å². The predicted molar refractivity (Wildman–Crippen MR) is 118 cm³/mol. The standard InChI is InChI=1S/C22H27BrN4O4/c1-14(12-25-21(29)30-2)10-19(28)27-18(11-22(31-27)8-3-9-22)20-24-13-17(26-20)15-4-6-16(23)7-5-15/h4-7,13-14,18H,3,8-12H2,1-2H3,(H,24,26)(H,25,29). The molecule has 9 heteroatoms. The first kappa shape index (κ1) is 21.8. The van der Waals surface area contributed by atoms with Crippen molar-refractivity contribution in [2.24, 2.45) is 5.92 Å². The number of hydrogen-bond acceptors (Lipinski definition) is 5. The summed E-state index contributed by atoms with van der Waals surface area (Å²) in [5.74, 6) is 0.577. The number of imidazole rings is 1. The fourth-order valence-electron chi connectivity index (χ4n) is 4.12. The Morgan fingerprint density at radius 2 is 2.13 bits per heavy atom. The molecule has 0 radical (unpaired) electrons. The van der Waals surface area contributed by atoms with Gasteiger partial charge in [0.2, 0.25) is 5.91 Å². The van der Waals surface area contributed by atoms with E-state index in [-0.39, 0.29) is 29.9 Å². The molecular formula is C22H27BrN4O4. The number of rotatable bonds is 6. The van der Waals surface area contributed by atoms with Crippen LogP contribution in [0.4, 0.5) is 4.79 Å². The molecule has 1 spiro atoms. The molecule has 1 saturated carbocycles. The third-order valence-electron chi connectivity index (χ3n) is 6.02. The molecule has 1 saturated heterocycles. The molecule has 2 unspecified atom stereocenters. The minimum absolute atomic E-state index is 0.0521. The van der Waals surface area contributed by atoms with E-state index in [2.05, 4.69) is 36.0 Å². The second-order valence-corrected chi connectivity index (χ2v) is 9.35. The summed E-state index contributed by atoms with van der Waals surface area (Å²) in [4.78, 5) is 38.6. The van der Waals surface area contributed by atoms with E-state index in [0.717, 1.165) is 47.2 Å². The zero-order chi connectivity index (χ0) is 22.0. The van der Waals surface area contributed by atoms with Crippen molar-refractivity contribution in [1.29, 1.82) is 0 Å². The third kappa shape index (κ3) is 4.77. The van der Waals surface area contributed by atoms with Gasteiger partial charge in [-0.05, 0) is 42.9 Å². The zero-order valence-corrected chi connectivity index (χ0v) is 19.3. The highest BCUT2D eigenvalue weighted by molar-refractivity contribution is 9.10. The van der Waals surface area contributed by atoms with Crippen molar-refractivity contribution in [2.45, 2.75) is 50.7 Å². The molecule has 166 valence electrons. The monoisotopic (exact) mass is 490 g/mol. The maximum absolute atomic E-state index is 13.1. The van der Waals surface area contributed by atoms with Crippen molar-refractivity contribution in [1.82, 2.24) is 20.3 Å². The maximum Gasteiger partial charge on any atom is 0.406 e. The summed E-state index contributed by atoms with van der Waals surface area (Å²) in [5.41, 5.74) is 1.66. The first-order valence-corrected chi connectivity index (χ1v) is 11.3. The van der Waals surface area contributed by atoms with Crippen LogP contribution in [0.2, 0.25) is 0 Å². The van der Waals surface area contributed by atoms with Crippen LogP contribution in [0, 0.1) is 5.92 Å². The summed E-state index contributed by atoms with van der Waals surface area (Å²) in [6.45, 7) is 2.27. The van der Waals surface area contributed by atoms with Crippen LogP contribution in [0.1, 0.15) is 50.9 Å². The molecule has 0 bridgehead atoms. The van der Waals surface area contributed by atoms with Crippen molar-refractivity contribution in [3.8, 4) is 11.3 Å². The van der Waals surface area contributed by atoms with E-state index < -0.39 is 6.09 Å². The number of aromatic amines is 1. The number of nitrogens with zero attached hydrogens (tertiary/aromatic N) is 2. The Kier molecular flexibility index (Phi) is 6.34. The number of halogens is 1. The van der Waals surface area contributed by atoms with E-state index in [1.807, 2.05) is 31.2 Å². The fourth-order valence-corrected chi connectivity index (χ4v) is 4.38. The average molecular weight is 491 g/mol. The number of methoxy groups -OCH3 is 1. The van der Waals surface area contributed by atoms with Gasteiger partial charge in [-0.3, -0.25) is 9.63 Å². The smallest absolute Gasteiger partial charge is 0.406 e. The number of amides is 2. The first-order chi connectivity index (χ1) is 14.9. The van der Waals surface area contributed by atoms with Crippen LogP contribution in [0.25, 0.3) is 11.3 Å². The Morgan fingerprint density at radius 1 is 1.39 bits per heavy atom. The SMILES string of the molecule is COC(=O)NCC(C)CC(=O)N1OC2(CCC2)CC1c1ncc(-c2ccc(Br)cc2)[nH]1. The summed E-state index contributed by atoms with van der Waals surface area (Å²) in [7, 11) is 1.32. The van der Waals surface area contributed by atoms with Gasteiger partial charge in [0.25, 0.3) is 0 Å². The molecule has 1 aromatic heterocycles. The van der Waals surface area contributed by atoms with Crippen molar-refractivity contribution in [3.63, 3.8) is 0 Å². The van der Waals surface area contributed by atoms with Crippen molar-refractivity contribution >= 4 is 27.9 Å². The van der Waals surface area contributed by atoms with Crippen LogP contribution in [0.3, 0.4) is 0 Å². The molecule has 2 amide bonds. The Hall–Kier alpha value is -2.39. The van der Waals surface area contributed by atoms with Gasteiger partial charge in [0.15, 0.2) is 0 Å². The molecular weight excluding hydrogens is 464 g/mol. The Morgan fingerprint density at radius 3 is 2.77 bits per heavy atom. The highest BCUT2D eigenvalue weighted by Crippen LogP contribution is 2.50. The van der Waals surface area contributed by atoms with E-state index in [1.54, 1.807) is 6.20 Å². The fraction of sp³-hybridized carbons (Fsp3) is 0.500. The number of hydroxylamine groups is 2. The molecule has 2 aromatic rings. The van der Waals surface area contributed by atoms with Gasteiger partial charge < -0.3 is 15.0 Å². The minimum Gasteiger partial charge on any atom is -0.453 e. The molecule has 1 aliphatic carbocycles. The van der Waals surface area contributed by atoms with E-state index in [0.29, 0.717) is 6.54 Å². The molecule has 2 atom stereocenters. The Balaban J connectivity index is 1.48. The summed E-state index contributed by atoms with van der Waals surface area (Å²) in [6, 6.07) is 7.74. The van der Waals surface area contributed by atoms with Gasteiger partial charge in [-0.25, -0.2) is 14.8 Å². The number of aromatic nitrogens is 2. The number of benzene rings is 1. The second kappa shape index (κ2) is 9.00. The maximum atomic E-state index is 13.1. The van der Waals surface area contributed by atoms with Gasteiger partial charge in [0.1, 0.15) is 11.9 Å². The number of hydrogen-bond donors (Lipinski definition) is 2. The lowest BCUT2D eigenvalue weighted by molar-refractivity contribution is -0.228. The van der Waals surface area contributed by atoms with Crippen molar-refractivity contribution < 1.29 is 19.2 Å². The Bertz CT molecular complexity index is 941. The van der Waals surface area contributed by atoms with Crippen LogP contribution in [0.5, 0.6) is 0 Å². The predicted octanol–water partition coefficient (Wildman–Crippen LogP) is 4.35. The van der Waals surface area contributed by atoms with Gasteiger partial charge >= 0.3 is 6.09 Å². The highest BCUT2D eigenvalue weighted by Gasteiger charge is 2.52. The second-order valence-electron chi connectivity index (χ2n) is 8.44. The Labute approximate surface area is 189 Å². The molecule has 31 heavy (non-hydrogen) atoms. The van der Waals surface area contributed by atoms with Crippen LogP contribution in [-0.4, -0.2) is 46.3 Å². The van der Waals surface area contributed by atoms with Crippen molar-refractivity contribution in [2.75, 3.05) is 13.7 Å². The number of alkyl carbamates (subject to hydrolysis) is 1. The lowest BCUT2D eigenvalue weighted by Gasteiger charge is -2.36. The van der Waals surface area contributed by atoms with Gasteiger partial charge in [-0.2, -0.15) is 0 Å². The number of carbonyl (C=O) groups excluding carboxylic acids is 2. The number of ether oxygens (including phenoxy) is 1. The van der Waals surface area contributed by atoms with E-state index in [9.17, 15) is 9.59 Å². The van der Waals surface area contributed by atoms with Crippen LogP contribution >= 0.6 is 15.9 Å². The van der Waals surface area contributed by atoms with Gasteiger partial charge in [0, 0.05) is 23.9 Å².